The van der Waals surface area contributed by atoms with E-state index in [1.807, 2.05) is 0 Å². The van der Waals surface area contributed by atoms with Crippen molar-refractivity contribution >= 4 is 0 Å². The Morgan fingerprint density at radius 2 is 1.41 bits per heavy atom. The van der Waals surface area contributed by atoms with Gasteiger partial charge in [0.25, 0.3) is 0 Å². The molecule has 6 unspecified atom stereocenters. The maximum Gasteiger partial charge on any atom is 0.105 e. The third-order valence-electron chi connectivity index (χ3n) is 9.75. The SMILES string of the molecule is CC1CCC(C2C(C)CCCC2C(N)O)CC1.CC1CCCCC(NCC2CCCC2)C1. The Hall–Kier alpha value is -0.120. The van der Waals surface area contributed by atoms with Crippen LogP contribution in [-0.2, 0) is 0 Å². The minimum absolute atomic E-state index is 0.358. The zero-order valence-corrected chi connectivity index (χ0v) is 21.7. The predicted octanol–water partition coefficient (Wildman–Crippen LogP) is 6.88. The molecule has 0 saturated heterocycles. The van der Waals surface area contributed by atoms with Crippen LogP contribution in [0.15, 0.2) is 0 Å². The van der Waals surface area contributed by atoms with Gasteiger partial charge in [-0.25, -0.2) is 0 Å². The van der Waals surface area contributed by atoms with Gasteiger partial charge in [0.05, 0.1) is 0 Å². The fourth-order valence-electron chi connectivity index (χ4n) is 7.70. The van der Waals surface area contributed by atoms with E-state index in [1.165, 1.54) is 103 Å². The topological polar surface area (TPSA) is 58.3 Å². The minimum atomic E-state index is -0.595. The fraction of sp³-hybridized carbons (Fsp3) is 1.00. The highest BCUT2D eigenvalue weighted by Gasteiger charge is 2.39. The van der Waals surface area contributed by atoms with Crippen LogP contribution in [0, 0.1) is 41.4 Å². The van der Waals surface area contributed by atoms with Crippen molar-refractivity contribution in [2.24, 2.45) is 47.2 Å². The standard InChI is InChI=1S/C15H29NO.C14H27N/c1-10-6-8-12(9-7-10)14-11(2)4-3-5-13(14)15(16)17;1-12-6-2-5-9-14(10-12)15-11-13-7-3-4-8-13/h10-15,17H,3-9,16H2,1-2H3;12-15H,2-11H2,1H3. The summed E-state index contributed by atoms with van der Waals surface area (Å²) in [6.07, 6.45) is 21.7. The highest BCUT2D eigenvalue weighted by atomic mass is 16.3. The summed E-state index contributed by atoms with van der Waals surface area (Å²) in [5.74, 6) is 5.48. The smallest absolute Gasteiger partial charge is 0.105 e. The molecule has 3 nitrogen and oxygen atoms in total. The molecule has 0 spiro atoms. The maximum absolute atomic E-state index is 9.83. The Morgan fingerprint density at radius 3 is 2.09 bits per heavy atom. The molecule has 0 aromatic rings. The zero-order chi connectivity index (χ0) is 22.9. The minimum Gasteiger partial charge on any atom is -0.379 e. The molecule has 4 fully saturated rings. The molecule has 0 aliphatic heterocycles. The van der Waals surface area contributed by atoms with Gasteiger partial charge in [-0.1, -0.05) is 78.6 Å². The van der Waals surface area contributed by atoms with Gasteiger partial charge < -0.3 is 16.2 Å². The summed E-state index contributed by atoms with van der Waals surface area (Å²) in [6, 6.07) is 0.836. The van der Waals surface area contributed by atoms with E-state index in [4.69, 9.17) is 5.73 Å². The van der Waals surface area contributed by atoms with Gasteiger partial charge in [-0.2, -0.15) is 0 Å². The summed E-state index contributed by atoms with van der Waals surface area (Å²) in [6.45, 7) is 8.47. The Balaban J connectivity index is 0.000000182. The molecular formula is C29H56N2O. The first-order valence-electron chi connectivity index (χ1n) is 14.6. The molecule has 0 aromatic carbocycles. The lowest BCUT2D eigenvalue weighted by atomic mass is 9.62. The van der Waals surface area contributed by atoms with Gasteiger partial charge in [-0.05, 0) is 87.0 Å². The van der Waals surface area contributed by atoms with Crippen molar-refractivity contribution in [3.8, 4) is 0 Å². The molecule has 4 N–H and O–H groups in total. The van der Waals surface area contributed by atoms with Gasteiger partial charge in [0.15, 0.2) is 0 Å². The number of hydrogen-bond acceptors (Lipinski definition) is 3. The number of hydrogen-bond donors (Lipinski definition) is 3. The van der Waals surface area contributed by atoms with Gasteiger partial charge >= 0.3 is 0 Å². The number of aliphatic hydroxyl groups excluding tert-OH is 1. The van der Waals surface area contributed by atoms with Gasteiger partial charge in [0.2, 0.25) is 0 Å². The van der Waals surface area contributed by atoms with Crippen molar-refractivity contribution in [3.05, 3.63) is 0 Å². The third kappa shape index (κ3) is 8.27. The first-order chi connectivity index (χ1) is 15.4. The summed E-state index contributed by atoms with van der Waals surface area (Å²) < 4.78 is 0. The molecule has 0 radical (unpaired) electrons. The van der Waals surface area contributed by atoms with Gasteiger partial charge in [-0.3, -0.25) is 0 Å². The van der Waals surface area contributed by atoms with Crippen LogP contribution in [0.25, 0.3) is 0 Å². The summed E-state index contributed by atoms with van der Waals surface area (Å²) in [5, 5.41) is 13.7. The lowest BCUT2D eigenvalue weighted by molar-refractivity contribution is -0.0103. The van der Waals surface area contributed by atoms with Crippen molar-refractivity contribution in [3.63, 3.8) is 0 Å². The van der Waals surface area contributed by atoms with Crippen LogP contribution in [0.2, 0.25) is 0 Å². The summed E-state index contributed by atoms with van der Waals surface area (Å²) in [4.78, 5) is 0. The second-order valence-electron chi connectivity index (χ2n) is 12.5. The van der Waals surface area contributed by atoms with E-state index in [9.17, 15) is 5.11 Å². The molecule has 0 bridgehead atoms. The average molecular weight is 449 g/mol. The van der Waals surface area contributed by atoms with Crippen molar-refractivity contribution in [2.45, 2.75) is 136 Å². The Kier molecular flexibility index (Phi) is 11.3. The van der Waals surface area contributed by atoms with Crippen LogP contribution in [-0.4, -0.2) is 23.9 Å². The van der Waals surface area contributed by atoms with Crippen LogP contribution in [0.3, 0.4) is 0 Å². The van der Waals surface area contributed by atoms with E-state index in [2.05, 4.69) is 26.1 Å². The number of aliphatic hydroxyl groups is 1. The van der Waals surface area contributed by atoms with Crippen molar-refractivity contribution in [2.75, 3.05) is 6.54 Å². The first-order valence-corrected chi connectivity index (χ1v) is 14.6. The highest BCUT2D eigenvalue weighted by Crippen LogP contribution is 2.46. The lowest BCUT2D eigenvalue weighted by Crippen LogP contribution is -2.43. The Labute approximate surface area is 200 Å². The largest absolute Gasteiger partial charge is 0.379 e. The molecule has 32 heavy (non-hydrogen) atoms. The predicted molar refractivity (Wildman–Crippen MR) is 137 cm³/mol. The van der Waals surface area contributed by atoms with Crippen molar-refractivity contribution < 1.29 is 5.11 Å². The second-order valence-corrected chi connectivity index (χ2v) is 12.5. The molecule has 0 aromatic heterocycles. The molecule has 0 amide bonds. The average Bonchev–Trinajstić information content (AvgIpc) is 3.21. The zero-order valence-electron chi connectivity index (χ0n) is 21.7. The molecule has 4 aliphatic rings. The third-order valence-corrected chi connectivity index (χ3v) is 9.75. The molecular weight excluding hydrogens is 392 g/mol. The van der Waals surface area contributed by atoms with Crippen LogP contribution >= 0.6 is 0 Å². The second kappa shape index (κ2) is 13.7. The summed E-state index contributed by atoms with van der Waals surface area (Å²) in [7, 11) is 0. The van der Waals surface area contributed by atoms with E-state index >= 15 is 0 Å². The van der Waals surface area contributed by atoms with E-state index in [1.54, 1.807) is 0 Å². The van der Waals surface area contributed by atoms with Gasteiger partial charge in [0.1, 0.15) is 6.23 Å². The fourth-order valence-corrected chi connectivity index (χ4v) is 7.70. The molecule has 4 rings (SSSR count). The number of nitrogens with two attached hydrogens (primary N) is 1. The monoisotopic (exact) mass is 448 g/mol. The van der Waals surface area contributed by atoms with Crippen LogP contribution < -0.4 is 11.1 Å². The van der Waals surface area contributed by atoms with Gasteiger partial charge in [0, 0.05) is 12.0 Å². The van der Waals surface area contributed by atoms with E-state index in [0.717, 1.165) is 42.1 Å². The Bertz CT molecular complexity index is 495. The normalized spacial score (nSPS) is 40.2. The molecule has 188 valence electrons. The van der Waals surface area contributed by atoms with Gasteiger partial charge in [-0.15, -0.1) is 0 Å². The molecule has 3 heteroatoms. The van der Waals surface area contributed by atoms with E-state index in [0.29, 0.717) is 11.8 Å². The maximum atomic E-state index is 9.83. The molecule has 4 saturated carbocycles. The molecule has 6 atom stereocenters. The van der Waals surface area contributed by atoms with Crippen LogP contribution in [0.4, 0.5) is 0 Å². The van der Waals surface area contributed by atoms with E-state index in [-0.39, 0.29) is 0 Å². The molecule has 4 aliphatic carbocycles. The molecule has 0 heterocycles. The quantitative estimate of drug-likeness (QED) is 0.317. The van der Waals surface area contributed by atoms with Crippen LogP contribution in [0.5, 0.6) is 0 Å². The van der Waals surface area contributed by atoms with Crippen molar-refractivity contribution in [1.29, 1.82) is 0 Å². The number of nitrogens with one attached hydrogen (secondary N) is 1. The van der Waals surface area contributed by atoms with Crippen LogP contribution in [0.1, 0.15) is 124 Å². The Morgan fingerprint density at radius 1 is 0.750 bits per heavy atom. The van der Waals surface area contributed by atoms with Crippen molar-refractivity contribution in [1.82, 2.24) is 5.32 Å². The first kappa shape index (κ1) is 26.5. The lowest BCUT2D eigenvalue weighted by Gasteiger charge is -2.44. The highest BCUT2D eigenvalue weighted by molar-refractivity contribution is 4.88. The summed E-state index contributed by atoms with van der Waals surface area (Å²) in [5.41, 5.74) is 5.81. The summed E-state index contributed by atoms with van der Waals surface area (Å²) >= 11 is 0. The van der Waals surface area contributed by atoms with E-state index < -0.39 is 6.23 Å². The number of rotatable bonds is 5.